The quantitative estimate of drug-likeness (QED) is 0.714. The number of nitrogens with one attached hydrogen (secondary N) is 1. The molecule has 16 heavy (non-hydrogen) atoms. The minimum absolute atomic E-state index is 0.478. The van der Waals surface area contributed by atoms with E-state index in [-0.39, 0.29) is 0 Å². The normalized spacial score (nSPS) is 10.8. The summed E-state index contributed by atoms with van der Waals surface area (Å²) in [7, 11) is 1.65. The Labute approximate surface area is 97.0 Å². The van der Waals surface area contributed by atoms with Gasteiger partial charge in [0.15, 0.2) is 0 Å². The molecule has 0 saturated heterocycles. The molecule has 4 nitrogen and oxygen atoms in total. The van der Waals surface area contributed by atoms with Gasteiger partial charge in [-0.1, -0.05) is 13.8 Å². The van der Waals surface area contributed by atoms with Crippen LogP contribution in [0.25, 0.3) is 0 Å². The molecule has 0 atom stereocenters. The fraction of sp³-hybridized carbons (Fsp3) is 0.583. The number of hydrogen-bond acceptors (Lipinski definition) is 4. The van der Waals surface area contributed by atoms with E-state index in [1.54, 1.807) is 13.3 Å². The molecule has 0 amide bonds. The Balaban J connectivity index is 2.43. The molecule has 0 aromatic carbocycles. The standard InChI is InChI=1S/C12H20N2O2/c1-10(2)14-9-11-4-5-13-12(8-11)16-7-6-15-3/h4-5,8,10,14H,6-7,9H2,1-3H3. The Morgan fingerprint density at radius 2 is 2.19 bits per heavy atom. The van der Waals surface area contributed by atoms with E-state index >= 15 is 0 Å². The average molecular weight is 224 g/mol. The van der Waals surface area contributed by atoms with Gasteiger partial charge in [-0.15, -0.1) is 0 Å². The molecule has 0 aliphatic carbocycles. The summed E-state index contributed by atoms with van der Waals surface area (Å²) in [5.41, 5.74) is 1.18. The highest BCUT2D eigenvalue weighted by molar-refractivity contribution is 5.20. The zero-order chi connectivity index (χ0) is 11.8. The molecule has 1 aromatic rings. The van der Waals surface area contributed by atoms with Crippen molar-refractivity contribution in [2.24, 2.45) is 0 Å². The Kier molecular flexibility index (Phi) is 5.82. The second-order valence-corrected chi connectivity index (χ2v) is 3.88. The number of hydrogen-bond donors (Lipinski definition) is 1. The third-order valence-electron chi connectivity index (χ3n) is 2.05. The van der Waals surface area contributed by atoms with E-state index in [9.17, 15) is 0 Å². The molecule has 4 heteroatoms. The maximum absolute atomic E-state index is 5.43. The number of aromatic nitrogens is 1. The molecular weight excluding hydrogens is 204 g/mol. The predicted octanol–water partition coefficient (Wildman–Crippen LogP) is 1.60. The van der Waals surface area contributed by atoms with Crippen LogP contribution in [-0.2, 0) is 11.3 Å². The molecule has 0 fully saturated rings. The summed E-state index contributed by atoms with van der Waals surface area (Å²) in [4.78, 5) is 4.13. The minimum atomic E-state index is 0.478. The second kappa shape index (κ2) is 7.19. The SMILES string of the molecule is COCCOc1cc(CNC(C)C)ccn1. The maximum atomic E-state index is 5.43. The van der Waals surface area contributed by atoms with Gasteiger partial charge in [0.25, 0.3) is 0 Å². The van der Waals surface area contributed by atoms with Crippen molar-refractivity contribution in [2.45, 2.75) is 26.4 Å². The molecule has 1 rings (SSSR count). The van der Waals surface area contributed by atoms with Crippen LogP contribution in [0, 0.1) is 0 Å². The first-order valence-corrected chi connectivity index (χ1v) is 5.52. The molecule has 1 N–H and O–H groups in total. The lowest BCUT2D eigenvalue weighted by Crippen LogP contribution is -2.21. The smallest absolute Gasteiger partial charge is 0.213 e. The van der Waals surface area contributed by atoms with Crippen molar-refractivity contribution in [1.29, 1.82) is 0 Å². The third-order valence-corrected chi connectivity index (χ3v) is 2.05. The molecule has 0 saturated carbocycles. The van der Waals surface area contributed by atoms with E-state index in [2.05, 4.69) is 24.1 Å². The number of rotatable bonds is 7. The second-order valence-electron chi connectivity index (χ2n) is 3.88. The van der Waals surface area contributed by atoms with E-state index in [0.717, 1.165) is 6.54 Å². The summed E-state index contributed by atoms with van der Waals surface area (Å²) in [5.74, 6) is 0.653. The summed E-state index contributed by atoms with van der Waals surface area (Å²) in [5, 5.41) is 3.35. The highest BCUT2D eigenvalue weighted by Gasteiger charge is 1.99. The fourth-order valence-corrected chi connectivity index (χ4v) is 1.19. The minimum Gasteiger partial charge on any atom is -0.475 e. The molecule has 0 bridgehead atoms. The summed E-state index contributed by atoms with van der Waals surface area (Å²) >= 11 is 0. The van der Waals surface area contributed by atoms with Gasteiger partial charge in [0, 0.05) is 32.0 Å². The topological polar surface area (TPSA) is 43.4 Å². The first-order chi connectivity index (χ1) is 7.72. The van der Waals surface area contributed by atoms with Crippen molar-refractivity contribution < 1.29 is 9.47 Å². The van der Waals surface area contributed by atoms with Crippen molar-refractivity contribution in [2.75, 3.05) is 20.3 Å². The Morgan fingerprint density at radius 3 is 2.88 bits per heavy atom. The lowest BCUT2D eigenvalue weighted by molar-refractivity contribution is 0.143. The van der Waals surface area contributed by atoms with E-state index in [1.165, 1.54) is 5.56 Å². The van der Waals surface area contributed by atoms with Crippen LogP contribution in [0.5, 0.6) is 5.88 Å². The van der Waals surface area contributed by atoms with E-state index in [0.29, 0.717) is 25.1 Å². The van der Waals surface area contributed by atoms with Crippen molar-refractivity contribution in [3.8, 4) is 5.88 Å². The zero-order valence-corrected chi connectivity index (χ0v) is 10.2. The molecule has 0 unspecified atom stereocenters. The van der Waals surface area contributed by atoms with Crippen LogP contribution in [0.15, 0.2) is 18.3 Å². The molecule has 0 spiro atoms. The van der Waals surface area contributed by atoms with Crippen LogP contribution in [-0.4, -0.2) is 31.3 Å². The molecule has 1 heterocycles. The van der Waals surface area contributed by atoms with Crippen LogP contribution in [0.3, 0.4) is 0 Å². The van der Waals surface area contributed by atoms with Crippen LogP contribution in [0.4, 0.5) is 0 Å². The summed E-state index contributed by atoms with van der Waals surface area (Å²) in [6, 6.07) is 4.41. The van der Waals surface area contributed by atoms with Gasteiger partial charge in [-0.25, -0.2) is 4.98 Å². The van der Waals surface area contributed by atoms with Crippen LogP contribution >= 0.6 is 0 Å². The number of nitrogens with zero attached hydrogens (tertiary/aromatic N) is 1. The van der Waals surface area contributed by atoms with E-state index < -0.39 is 0 Å². The van der Waals surface area contributed by atoms with Gasteiger partial charge in [-0.2, -0.15) is 0 Å². The third kappa shape index (κ3) is 5.09. The van der Waals surface area contributed by atoms with Crippen LogP contribution < -0.4 is 10.1 Å². The lowest BCUT2D eigenvalue weighted by atomic mass is 10.2. The first kappa shape index (κ1) is 12.9. The molecule has 1 aromatic heterocycles. The van der Waals surface area contributed by atoms with Gasteiger partial charge in [0.05, 0.1) is 6.61 Å². The van der Waals surface area contributed by atoms with E-state index in [4.69, 9.17) is 9.47 Å². The monoisotopic (exact) mass is 224 g/mol. The summed E-state index contributed by atoms with van der Waals surface area (Å²) in [6.07, 6.45) is 1.76. The van der Waals surface area contributed by atoms with Crippen molar-refractivity contribution in [1.82, 2.24) is 10.3 Å². The molecule has 0 aliphatic heterocycles. The maximum Gasteiger partial charge on any atom is 0.213 e. The molecule has 0 aliphatic rings. The first-order valence-electron chi connectivity index (χ1n) is 5.52. The fourth-order valence-electron chi connectivity index (χ4n) is 1.19. The van der Waals surface area contributed by atoms with Gasteiger partial charge in [0.2, 0.25) is 5.88 Å². The molecule has 90 valence electrons. The number of methoxy groups -OCH3 is 1. The van der Waals surface area contributed by atoms with Gasteiger partial charge in [-0.3, -0.25) is 0 Å². The number of ether oxygens (including phenoxy) is 2. The van der Waals surface area contributed by atoms with E-state index in [1.807, 2.05) is 12.1 Å². The van der Waals surface area contributed by atoms with Crippen LogP contribution in [0.2, 0.25) is 0 Å². The highest BCUT2D eigenvalue weighted by Crippen LogP contribution is 2.09. The molecule has 0 radical (unpaired) electrons. The van der Waals surface area contributed by atoms with Crippen molar-refractivity contribution >= 4 is 0 Å². The Morgan fingerprint density at radius 1 is 1.38 bits per heavy atom. The van der Waals surface area contributed by atoms with Gasteiger partial charge in [-0.05, 0) is 11.6 Å². The Hall–Kier alpha value is -1.13. The summed E-state index contributed by atoms with van der Waals surface area (Å²) < 4.78 is 10.3. The van der Waals surface area contributed by atoms with Gasteiger partial charge in [0.1, 0.15) is 6.61 Å². The average Bonchev–Trinajstić information content (AvgIpc) is 2.27. The lowest BCUT2D eigenvalue weighted by Gasteiger charge is -2.09. The summed E-state index contributed by atoms with van der Waals surface area (Å²) in [6.45, 7) is 6.19. The van der Waals surface area contributed by atoms with Gasteiger partial charge >= 0.3 is 0 Å². The van der Waals surface area contributed by atoms with Crippen molar-refractivity contribution in [3.63, 3.8) is 0 Å². The number of pyridine rings is 1. The predicted molar refractivity (Wildman–Crippen MR) is 63.6 cm³/mol. The highest BCUT2D eigenvalue weighted by atomic mass is 16.5. The van der Waals surface area contributed by atoms with Gasteiger partial charge < -0.3 is 14.8 Å². The largest absolute Gasteiger partial charge is 0.475 e. The molecular formula is C12H20N2O2. The van der Waals surface area contributed by atoms with Crippen molar-refractivity contribution in [3.05, 3.63) is 23.9 Å². The zero-order valence-electron chi connectivity index (χ0n) is 10.2. The van der Waals surface area contributed by atoms with Crippen LogP contribution in [0.1, 0.15) is 19.4 Å². The Bertz CT molecular complexity index is 303.